The summed E-state index contributed by atoms with van der Waals surface area (Å²) in [5, 5.41) is 21.0. The van der Waals surface area contributed by atoms with Crippen LogP contribution in [0.5, 0.6) is 0 Å². The average molecular weight is 566 g/mol. The first-order valence-electron chi connectivity index (χ1n) is 13.7. The zero-order valence-corrected chi connectivity index (χ0v) is 22.9. The molecule has 1 saturated heterocycles. The van der Waals surface area contributed by atoms with Gasteiger partial charge in [0.2, 0.25) is 17.7 Å². The molecule has 0 spiro atoms. The molecule has 4 unspecified atom stereocenters. The number of aliphatic imine (C=N–C) groups is 1. The van der Waals surface area contributed by atoms with E-state index in [1.807, 2.05) is 60.7 Å². The molecular weight excluding hydrogens is 526 g/mol. The lowest BCUT2D eigenvalue weighted by Crippen LogP contribution is -2.58. The fraction of sp³-hybridized carbons (Fsp3) is 0.414. The van der Waals surface area contributed by atoms with Gasteiger partial charge in [-0.3, -0.25) is 19.4 Å². The second kappa shape index (κ2) is 16.0. The Kier molecular flexibility index (Phi) is 12.1. The van der Waals surface area contributed by atoms with Crippen molar-refractivity contribution in [1.82, 2.24) is 21.3 Å². The van der Waals surface area contributed by atoms with Crippen molar-refractivity contribution < 1.29 is 24.3 Å². The molecule has 4 atom stereocenters. The van der Waals surface area contributed by atoms with Crippen LogP contribution in [0.25, 0.3) is 0 Å². The fourth-order valence-corrected chi connectivity index (χ4v) is 4.60. The third-order valence-electron chi connectivity index (χ3n) is 6.77. The molecule has 0 aromatic heterocycles. The highest BCUT2D eigenvalue weighted by atomic mass is 16.4. The number of nitrogens with one attached hydrogen (secondary N) is 4. The number of nitrogens with zero attached hydrogens (tertiary/aromatic N) is 1. The molecule has 41 heavy (non-hydrogen) atoms. The van der Waals surface area contributed by atoms with E-state index in [9.17, 15) is 24.3 Å². The van der Waals surface area contributed by atoms with Gasteiger partial charge in [-0.2, -0.15) is 0 Å². The zero-order valence-electron chi connectivity index (χ0n) is 22.9. The molecule has 2 aromatic carbocycles. The minimum absolute atomic E-state index is 0.0882. The predicted octanol–water partition coefficient (Wildman–Crippen LogP) is -0.184. The number of amides is 3. The number of guanidine groups is 1. The lowest BCUT2D eigenvalue weighted by molar-refractivity contribution is -0.142. The van der Waals surface area contributed by atoms with E-state index in [-0.39, 0.29) is 43.7 Å². The molecule has 0 bridgehead atoms. The van der Waals surface area contributed by atoms with E-state index in [1.54, 1.807) is 0 Å². The summed E-state index contributed by atoms with van der Waals surface area (Å²) in [6, 6.07) is 14.7. The maximum Gasteiger partial charge on any atom is 0.326 e. The molecule has 9 N–H and O–H groups in total. The number of nitrogens with two attached hydrogens (primary N) is 2. The van der Waals surface area contributed by atoms with Gasteiger partial charge in [0.1, 0.15) is 18.1 Å². The van der Waals surface area contributed by atoms with Crippen molar-refractivity contribution in [2.24, 2.45) is 16.5 Å². The monoisotopic (exact) mass is 565 g/mol. The molecule has 3 rings (SSSR count). The number of hydrogen-bond donors (Lipinski definition) is 7. The highest BCUT2D eigenvalue weighted by molar-refractivity contribution is 5.94. The van der Waals surface area contributed by atoms with Gasteiger partial charge in [0.25, 0.3) is 0 Å². The fourth-order valence-electron chi connectivity index (χ4n) is 4.60. The van der Waals surface area contributed by atoms with Crippen molar-refractivity contribution >= 4 is 29.7 Å². The molecule has 0 saturated carbocycles. The van der Waals surface area contributed by atoms with Crippen molar-refractivity contribution in [1.29, 1.82) is 0 Å². The standard InChI is InChI=1S/C29H39N7O5/c30-29(31)33-16-8-14-22(28(40)41)34-26(38)23(17-19-9-3-1-4-10-19)36-27(39)24(18-20-11-5-2-6-12-20)35-25(37)21-13-7-15-32-21/h1-6,9-12,21-24,32H,7-8,13-18H2,(H,34,38)(H,35,37)(H,36,39)(H,40,41)(H4,30,31,33). The molecule has 12 nitrogen and oxygen atoms in total. The van der Waals surface area contributed by atoms with Crippen molar-refractivity contribution in [2.75, 3.05) is 13.1 Å². The average Bonchev–Trinajstić information content (AvgIpc) is 3.50. The van der Waals surface area contributed by atoms with Crippen LogP contribution in [0.2, 0.25) is 0 Å². The normalized spacial score (nSPS) is 16.5. The molecule has 1 heterocycles. The van der Waals surface area contributed by atoms with Gasteiger partial charge in [-0.25, -0.2) is 4.79 Å². The number of carbonyl (C=O) groups is 4. The lowest BCUT2D eigenvalue weighted by atomic mass is 10.0. The van der Waals surface area contributed by atoms with E-state index < -0.39 is 35.9 Å². The Morgan fingerprint density at radius 3 is 1.88 bits per heavy atom. The Bertz CT molecular complexity index is 1180. The van der Waals surface area contributed by atoms with Gasteiger partial charge < -0.3 is 37.8 Å². The van der Waals surface area contributed by atoms with Gasteiger partial charge in [-0.15, -0.1) is 0 Å². The number of carboxylic acids is 1. The topological polar surface area (TPSA) is 201 Å². The van der Waals surface area contributed by atoms with E-state index >= 15 is 0 Å². The third kappa shape index (κ3) is 10.6. The largest absolute Gasteiger partial charge is 0.480 e. The van der Waals surface area contributed by atoms with E-state index in [4.69, 9.17) is 11.5 Å². The van der Waals surface area contributed by atoms with Crippen LogP contribution in [-0.2, 0) is 32.0 Å². The predicted molar refractivity (Wildman–Crippen MR) is 155 cm³/mol. The van der Waals surface area contributed by atoms with Crippen LogP contribution in [0.1, 0.15) is 36.8 Å². The van der Waals surface area contributed by atoms with Crippen molar-refractivity contribution in [3.05, 3.63) is 71.8 Å². The van der Waals surface area contributed by atoms with Crippen LogP contribution < -0.4 is 32.7 Å². The van der Waals surface area contributed by atoms with Gasteiger partial charge in [0.15, 0.2) is 5.96 Å². The van der Waals surface area contributed by atoms with Crippen LogP contribution in [0, 0.1) is 0 Å². The Morgan fingerprint density at radius 1 is 0.854 bits per heavy atom. The smallest absolute Gasteiger partial charge is 0.326 e. The second-order valence-corrected chi connectivity index (χ2v) is 10.00. The van der Waals surface area contributed by atoms with Gasteiger partial charge in [-0.05, 0) is 43.4 Å². The van der Waals surface area contributed by atoms with Crippen LogP contribution >= 0.6 is 0 Å². The van der Waals surface area contributed by atoms with Gasteiger partial charge in [0.05, 0.1) is 6.04 Å². The minimum Gasteiger partial charge on any atom is -0.480 e. The van der Waals surface area contributed by atoms with E-state index in [0.29, 0.717) is 12.8 Å². The first-order chi connectivity index (χ1) is 19.7. The quantitative estimate of drug-likeness (QED) is 0.0875. The molecule has 3 amide bonds. The Morgan fingerprint density at radius 2 is 1.39 bits per heavy atom. The molecule has 1 aliphatic rings. The van der Waals surface area contributed by atoms with Crippen LogP contribution in [0.4, 0.5) is 0 Å². The first kappa shape index (κ1) is 31.1. The molecule has 1 aliphatic heterocycles. The van der Waals surface area contributed by atoms with Crippen LogP contribution in [0.3, 0.4) is 0 Å². The number of aliphatic carboxylic acids is 1. The van der Waals surface area contributed by atoms with Crippen LogP contribution in [0.15, 0.2) is 65.7 Å². The minimum atomic E-state index is -1.22. The molecule has 1 fully saturated rings. The summed E-state index contributed by atoms with van der Waals surface area (Å²) < 4.78 is 0. The van der Waals surface area contributed by atoms with E-state index in [1.165, 1.54) is 0 Å². The summed E-state index contributed by atoms with van der Waals surface area (Å²) in [7, 11) is 0. The maximum absolute atomic E-state index is 13.6. The summed E-state index contributed by atoms with van der Waals surface area (Å²) in [6.45, 7) is 0.937. The number of hydrogen-bond acceptors (Lipinski definition) is 6. The summed E-state index contributed by atoms with van der Waals surface area (Å²) in [5.41, 5.74) is 12.2. The van der Waals surface area contributed by atoms with Gasteiger partial charge in [0, 0.05) is 19.4 Å². The summed E-state index contributed by atoms with van der Waals surface area (Å²) in [6.07, 6.45) is 2.28. The molecule has 220 valence electrons. The van der Waals surface area contributed by atoms with Crippen molar-refractivity contribution in [3.8, 4) is 0 Å². The van der Waals surface area contributed by atoms with Crippen LogP contribution in [-0.4, -0.2) is 72.0 Å². The number of carboxylic acid groups (broad SMARTS) is 1. The maximum atomic E-state index is 13.6. The first-order valence-corrected chi connectivity index (χ1v) is 13.7. The Labute approximate surface area is 239 Å². The van der Waals surface area contributed by atoms with Gasteiger partial charge in [-0.1, -0.05) is 60.7 Å². The highest BCUT2D eigenvalue weighted by Gasteiger charge is 2.31. The Hall–Kier alpha value is -4.45. The number of benzene rings is 2. The molecule has 0 radical (unpaired) electrons. The summed E-state index contributed by atoms with van der Waals surface area (Å²) in [4.78, 5) is 55.7. The highest BCUT2D eigenvalue weighted by Crippen LogP contribution is 2.10. The molecule has 2 aromatic rings. The molecular formula is C29H39N7O5. The summed E-state index contributed by atoms with van der Waals surface area (Å²) in [5.74, 6) is -2.80. The van der Waals surface area contributed by atoms with E-state index in [0.717, 1.165) is 24.1 Å². The summed E-state index contributed by atoms with van der Waals surface area (Å²) >= 11 is 0. The number of rotatable bonds is 15. The third-order valence-corrected chi connectivity index (χ3v) is 6.77. The molecule has 0 aliphatic carbocycles. The SMILES string of the molecule is NC(N)=NCCCC(NC(=O)C(Cc1ccccc1)NC(=O)C(Cc1ccccc1)NC(=O)C1CCCN1)C(=O)O. The zero-order chi connectivity index (χ0) is 29.6. The number of carbonyl (C=O) groups excluding carboxylic acids is 3. The van der Waals surface area contributed by atoms with Crippen molar-refractivity contribution in [3.63, 3.8) is 0 Å². The van der Waals surface area contributed by atoms with Crippen molar-refractivity contribution in [2.45, 2.75) is 62.7 Å². The van der Waals surface area contributed by atoms with Gasteiger partial charge >= 0.3 is 5.97 Å². The Balaban J connectivity index is 1.77. The molecule has 12 heteroatoms. The van der Waals surface area contributed by atoms with E-state index in [2.05, 4.69) is 26.3 Å². The lowest BCUT2D eigenvalue weighted by Gasteiger charge is -2.25. The second-order valence-electron chi connectivity index (χ2n) is 10.00.